The molecule has 7 heteroatoms. The van der Waals surface area contributed by atoms with Gasteiger partial charge in [-0.05, 0) is 25.5 Å². The summed E-state index contributed by atoms with van der Waals surface area (Å²) in [5, 5.41) is 16.3. The molecule has 22 heavy (non-hydrogen) atoms. The second-order valence-corrected chi connectivity index (χ2v) is 4.64. The Morgan fingerprint density at radius 1 is 1.36 bits per heavy atom. The lowest BCUT2D eigenvalue weighted by molar-refractivity contribution is 0.0698. The maximum absolute atomic E-state index is 9.93. The maximum Gasteiger partial charge on any atom is 0.191 e. The molecule has 1 rings (SSSR count). The predicted molar refractivity (Wildman–Crippen MR) is 85.0 cm³/mol. The molecule has 3 N–H and O–H groups in total. The summed E-state index contributed by atoms with van der Waals surface area (Å²) < 4.78 is 15.4. The van der Waals surface area contributed by atoms with Crippen molar-refractivity contribution in [2.75, 3.05) is 46.6 Å². The van der Waals surface area contributed by atoms with Crippen molar-refractivity contribution in [3.8, 4) is 0 Å². The van der Waals surface area contributed by atoms with E-state index >= 15 is 0 Å². The minimum Gasteiger partial charge on any atom is -0.467 e. The summed E-state index contributed by atoms with van der Waals surface area (Å²) >= 11 is 0. The van der Waals surface area contributed by atoms with Gasteiger partial charge in [0, 0.05) is 26.8 Å². The number of rotatable bonds is 11. The summed E-state index contributed by atoms with van der Waals surface area (Å²) in [6.07, 6.45) is 1.67. The molecule has 0 saturated heterocycles. The first kappa shape index (κ1) is 18.5. The normalized spacial score (nSPS) is 13.1. The molecular weight excluding hydrogens is 286 g/mol. The van der Waals surface area contributed by atoms with Gasteiger partial charge in [0.15, 0.2) is 5.96 Å². The van der Waals surface area contributed by atoms with Crippen molar-refractivity contribution in [2.45, 2.75) is 19.4 Å². The number of nitrogens with zero attached hydrogens (tertiary/aromatic N) is 1. The molecule has 7 nitrogen and oxygen atoms in total. The lowest BCUT2D eigenvalue weighted by Crippen LogP contribution is -2.38. The van der Waals surface area contributed by atoms with E-state index in [1.54, 1.807) is 19.2 Å². The van der Waals surface area contributed by atoms with Gasteiger partial charge in [0.05, 0.1) is 26.0 Å². The number of hydrogen-bond acceptors (Lipinski definition) is 5. The molecule has 1 heterocycles. The summed E-state index contributed by atoms with van der Waals surface area (Å²) in [6, 6.07) is 3.48. The fraction of sp³-hybridized carbons (Fsp3) is 0.667. The van der Waals surface area contributed by atoms with Gasteiger partial charge >= 0.3 is 0 Å². The van der Waals surface area contributed by atoms with E-state index in [1.807, 2.05) is 6.92 Å². The highest BCUT2D eigenvalue weighted by Gasteiger charge is 2.09. The van der Waals surface area contributed by atoms with Gasteiger partial charge in [0.25, 0.3) is 0 Å². The molecule has 0 fully saturated rings. The molecule has 0 spiro atoms. The van der Waals surface area contributed by atoms with Crippen LogP contribution >= 0.6 is 0 Å². The van der Waals surface area contributed by atoms with E-state index in [0.29, 0.717) is 31.5 Å². The van der Waals surface area contributed by atoms with Crippen LogP contribution in [0, 0.1) is 0 Å². The molecule has 126 valence electrons. The van der Waals surface area contributed by atoms with Crippen LogP contribution in [0.1, 0.15) is 25.2 Å². The van der Waals surface area contributed by atoms with Crippen molar-refractivity contribution in [1.82, 2.24) is 10.6 Å². The Morgan fingerprint density at radius 2 is 2.23 bits per heavy atom. The van der Waals surface area contributed by atoms with Crippen molar-refractivity contribution < 1.29 is 19.0 Å². The van der Waals surface area contributed by atoms with Crippen molar-refractivity contribution in [2.24, 2.45) is 4.99 Å². The highest BCUT2D eigenvalue weighted by atomic mass is 16.5. The van der Waals surface area contributed by atoms with Crippen molar-refractivity contribution in [3.05, 3.63) is 24.2 Å². The molecule has 1 aromatic rings. The minimum absolute atomic E-state index is 0.243. The summed E-state index contributed by atoms with van der Waals surface area (Å²) in [6.45, 7) is 5.64. The molecule has 0 aliphatic rings. The van der Waals surface area contributed by atoms with Crippen molar-refractivity contribution in [1.29, 1.82) is 0 Å². The van der Waals surface area contributed by atoms with Crippen molar-refractivity contribution in [3.63, 3.8) is 0 Å². The Labute approximate surface area is 131 Å². The number of methoxy groups -OCH3 is 1. The molecule has 0 aromatic carbocycles. The number of furan rings is 1. The standard InChI is InChI=1S/C15H27N3O4/c1-3-16-15(17-7-5-8-21-11-10-20-2)18-12-13(19)14-6-4-9-22-14/h4,6,9,13,19H,3,5,7-8,10-12H2,1-2H3,(H2,16,17,18). The van der Waals surface area contributed by atoms with Crippen LogP contribution in [0.4, 0.5) is 0 Å². The molecule has 1 atom stereocenters. The van der Waals surface area contributed by atoms with Crippen molar-refractivity contribution >= 4 is 5.96 Å². The molecule has 0 radical (unpaired) electrons. The van der Waals surface area contributed by atoms with E-state index < -0.39 is 6.10 Å². The first-order chi connectivity index (χ1) is 10.8. The largest absolute Gasteiger partial charge is 0.467 e. The monoisotopic (exact) mass is 313 g/mol. The maximum atomic E-state index is 9.93. The quantitative estimate of drug-likeness (QED) is 0.320. The fourth-order valence-electron chi connectivity index (χ4n) is 1.72. The van der Waals surface area contributed by atoms with E-state index in [4.69, 9.17) is 13.9 Å². The Kier molecular flexibility index (Phi) is 10.1. The van der Waals surface area contributed by atoms with Crippen LogP contribution in [0.2, 0.25) is 0 Å². The number of aliphatic hydroxyl groups excluding tert-OH is 1. The van der Waals surface area contributed by atoms with Gasteiger partial charge < -0.3 is 29.6 Å². The van der Waals surface area contributed by atoms with Crippen LogP contribution in [-0.4, -0.2) is 57.6 Å². The number of ether oxygens (including phenoxy) is 2. The molecule has 1 unspecified atom stereocenters. The smallest absolute Gasteiger partial charge is 0.191 e. The predicted octanol–water partition coefficient (Wildman–Crippen LogP) is 0.921. The first-order valence-corrected chi connectivity index (χ1v) is 7.58. The van der Waals surface area contributed by atoms with Gasteiger partial charge in [-0.15, -0.1) is 0 Å². The Bertz CT molecular complexity index is 396. The van der Waals surface area contributed by atoms with E-state index in [-0.39, 0.29) is 6.54 Å². The van der Waals surface area contributed by atoms with Gasteiger partial charge in [0.2, 0.25) is 0 Å². The second-order valence-electron chi connectivity index (χ2n) is 4.64. The molecule has 0 aliphatic heterocycles. The zero-order valence-corrected chi connectivity index (χ0v) is 13.4. The summed E-state index contributed by atoms with van der Waals surface area (Å²) in [5.41, 5.74) is 0. The third-order valence-electron chi connectivity index (χ3n) is 2.83. The molecule has 0 aliphatic carbocycles. The number of aliphatic imine (C=N–C) groups is 1. The average Bonchev–Trinajstić information content (AvgIpc) is 3.05. The zero-order chi connectivity index (χ0) is 16.0. The van der Waals surface area contributed by atoms with Crippen LogP contribution < -0.4 is 10.6 Å². The minimum atomic E-state index is -0.733. The topological polar surface area (TPSA) is 88.3 Å². The van der Waals surface area contributed by atoms with Gasteiger partial charge in [0.1, 0.15) is 11.9 Å². The van der Waals surface area contributed by atoms with E-state index in [1.165, 1.54) is 6.26 Å². The fourth-order valence-corrected chi connectivity index (χ4v) is 1.72. The summed E-state index contributed by atoms with van der Waals surface area (Å²) in [7, 11) is 1.65. The zero-order valence-electron chi connectivity index (χ0n) is 13.4. The van der Waals surface area contributed by atoms with E-state index in [0.717, 1.165) is 19.5 Å². The summed E-state index contributed by atoms with van der Waals surface area (Å²) in [5.74, 6) is 1.19. The SMILES string of the molecule is CCNC(=NCC(O)c1ccco1)NCCCOCCOC. The second kappa shape index (κ2) is 12.0. The first-order valence-electron chi connectivity index (χ1n) is 7.58. The van der Waals surface area contributed by atoms with Gasteiger partial charge in [-0.3, -0.25) is 4.99 Å². The molecular formula is C15H27N3O4. The van der Waals surface area contributed by atoms with E-state index in [9.17, 15) is 5.11 Å². The highest BCUT2D eigenvalue weighted by Crippen LogP contribution is 2.12. The number of aliphatic hydroxyl groups is 1. The Hall–Kier alpha value is -1.57. The third kappa shape index (κ3) is 8.02. The molecule has 0 saturated carbocycles. The van der Waals surface area contributed by atoms with Crippen LogP contribution in [0.5, 0.6) is 0 Å². The van der Waals surface area contributed by atoms with Crippen LogP contribution in [0.15, 0.2) is 27.8 Å². The molecule has 0 amide bonds. The number of guanidine groups is 1. The van der Waals surface area contributed by atoms with Crippen LogP contribution in [0.3, 0.4) is 0 Å². The molecule has 1 aromatic heterocycles. The lowest BCUT2D eigenvalue weighted by Gasteiger charge is -2.12. The van der Waals surface area contributed by atoms with Gasteiger partial charge in [-0.2, -0.15) is 0 Å². The number of hydrogen-bond donors (Lipinski definition) is 3. The third-order valence-corrected chi connectivity index (χ3v) is 2.83. The average molecular weight is 313 g/mol. The highest BCUT2D eigenvalue weighted by molar-refractivity contribution is 5.79. The molecule has 0 bridgehead atoms. The lowest BCUT2D eigenvalue weighted by atomic mass is 10.3. The number of nitrogens with one attached hydrogen (secondary N) is 2. The van der Waals surface area contributed by atoms with Gasteiger partial charge in [-0.25, -0.2) is 0 Å². The summed E-state index contributed by atoms with van der Waals surface area (Å²) in [4.78, 5) is 4.34. The van der Waals surface area contributed by atoms with Gasteiger partial charge in [-0.1, -0.05) is 0 Å². The van der Waals surface area contributed by atoms with Crippen LogP contribution in [0.25, 0.3) is 0 Å². The Morgan fingerprint density at radius 3 is 2.91 bits per heavy atom. The Balaban J connectivity index is 2.24. The van der Waals surface area contributed by atoms with Crippen LogP contribution in [-0.2, 0) is 9.47 Å². The van der Waals surface area contributed by atoms with E-state index in [2.05, 4.69) is 15.6 Å².